The molecule has 1 aliphatic rings. The number of benzene rings is 1. The Bertz CT molecular complexity index is 430. The summed E-state index contributed by atoms with van der Waals surface area (Å²) in [5.41, 5.74) is 0.689. The average molecular weight is 299 g/mol. The Balaban J connectivity index is 2.03. The van der Waals surface area contributed by atoms with E-state index in [2.05, 4.69) is 12.2 Å². The van der Waals surface area contributed by atoms with Gasteiger partial charge in [0.25, 0.3) is 0 Å². The van der Waals surface area contributed by atoms with E-state index >= 15 is 0 Å². The van der Waals surface area contributed by atoms with Gasteiger partial charge in [0.2, 0.25) is 0 Å². The molecule has 0 spiro atoms. The second kappa shape index (κ2) is 6.82. The largest absolute Gasteiger partial charge is 0.416 e. The third kappa shape index (κ3) is 4.47. The molecule has 1 aromatic rings. The quantitative estimate of drug-likeness (QED) is 0.743. The van der Waals surface area contributed by atoms with Gasteiger partial charge in [0.1, 0.15) is 0 Å². The highest BCUT2D eigenvalue weighted by molar-refractivity contribution is 5.25. The van der Waals surface area contributed by atoms with E-state index in [0.717, 1.165) is 31.5 Å². The van der Waals surface area contributed by atoms with Crippen molar-refractivity contribution in [3.63, 3.8) is 0 Å². The third-order valence-corrected chi connectivity index (χ3v) is 4.45. The fraction of sp³-hybridized carbons (Fsp3) is 0.647. The Hall–Kier alpha value is -1.03. The topological polar surface area (TPSA) is 12.0 Å². The number of nitrogens with one attached hydrogen (secondary N) is 1. The number of rotatable bonds is 6. The molecule has 0 unspecified atom stereocenters. The molecular weight excluding hydrogens is 275 g/mol. The summed E-state index contributed by atoms with van der Waals surface area (Å²) in [6, 6.07) is 5.69. The first-order valence-corrected chi connectivity index (χ1v) is 7.82. The maximum atomic E-state index is 12.6. The molecule has 0 saturated heterocycles. The van der Waals surface area contributed by atoms with Gasteiger partial charge in [-0.05, 0) is 55.3 Å². The number of hydrogen-bond donors (Lipinski definition) is 1. The zero-order valence-corrected chi connectivity index (χ0v) is 12.6. The van der Waals surface area contributed by atoms with Crippen molar-refractivity contribution >= 4 is 0 Å². The minimum absolute atomic E-state index is 0.231. The molecule has 0 bridgehead atoms. The summed E-state index contributed by atoms with van der Waals surface area (Å²) in [5, 5.41) is 3.49. The summed E-state index contributed by atoms with van der Waals surface area (Å²) in [4.78, 5) is 0. The van der Waals surface area contributed by atoms with Crippen LogP contribution in [-0.2, 0) is 12.6 Å². The maximum Gasteiger partial charge on any atom is 0.416 e. The van der Waals surface area contributed by atoms with Gasteiger partial charge in [0, 0.05) is 6.54 Å². The van der Waals surface area contributed by atoms with Crippen LogP contribution in [0, 0.1) is 5.41 Å². The van der Waals surface area contributed by atoms with Crippen molar-refractivity contribution in [1.29, 1.82) is 0 Å². The zero-order valence-electron chi connectivity index (χ0n) is 12.6. The van der Waals surface area contributed by atoms with Crippen LogP contribution in [0.15, 0.2) is 24.3 Å². The molecule has 1 N–H and O–H groups in total. The van der Waals surface area contributed by atoms with Crippen molar-refractivity contribution in [2.45, 2.75) is 51.6 Å². The molecule has 0 atom stereocenters. The van der Waals surface area contributed by atoms with Crippen LogP contribution in [0.1, 0.15) is 50.2 Å². The molecule has 0 aromatic heterocycles. The van der Waals surface area contributed by atoms with Crippen molar-refractivity contribution in [3.05, 3.63) is 35.4 Å². The first kappa shape index (κ1) is 16.3. The Kier molecular flexibility index (Phi) is 5.31. The second-order valence-corrected chi connectivity index (χ2v) is 6.26. The van der Waals surface area contributed by atoms with E-state index in [9.17, 15) is 13.2 Å². The van der Waals surface area contributed by atoms with Gasteiger partial charge >= 0.3 is 6.18 Å². The Labute approximate surface area is 124 Å². The molecule has 0 radical (unpaired) electrons. The zero-order chi connectivity index (χ0) is 15.3. The van der Waals surface area contributed by atoms with Gasteiger partial charge in [0.05, 0.1) is 5.56 Å². The van der Waals surface area contributed by atoms with E-state index in [1.54, 1.807) is 12.1 Å². The minimum atomic E-state index is -4.24. The van der Waals surface area contributed by atoms with Gasteiger partial charge in [-0.3, -0.25) is 0 Å². The van der Waals surface area contributed by atoms with Gasteiger partial charge in [-0.1, -0.05) is 31.9 Å². The van der Waals surface area contributed by atoms with E-state index in [1.165, 1.54) is 37.8 Å². The number of halogens is 3. The van der Waals surface area contributed by atoms with E-state index in [0.29, 0.717) is 0 Å². The fourth-order valence-corrected chi connectivity index (χ4v) is 3.32. The standard InChI is InChI=1S/C17H24F3N/c1-2-11-21-13-16(9-3-4-10-16)12-14-5-7-15(8-6-14)17(18,19)20/h5-8,21H,2-4,9-13H2,1H3. The lowest BCUT2D eigenvalue weighted by Gasteiger charge is -2.30. The van der Waals surface area contributed by atoms with Crippen LogP contribution >= 0.6 is 0 Å². The predicted molar refractivity (Wildman–Crippen MR) is 79.2 cm³/mol. The van der Waals surface area contributed by atoms with Crippen LogP contribution in [0.4, 0.5) is 13.2 Å². The molecule has 1 aromatic carbocycles. The van der Waals surface area contributed by atoms with E-state index in [4.69, 9.17) is 0 Å². The maximum absolute atomic E-state index is 12.6. The fourth-order valence-electron chi connectivity index (χ4n) is 3.32. The van der Waals surface area contributed by atoms with Crippen molar-refractivity contribution in [2.75, 3.05) is 13.1 Å². The van der Waals surface area contributed by atoms with Crippen molar-refractivity contribution < 1.29 is 13.2 Å². The van der Waals surface area contributed by atoms with Gasteiger partial charge in [-0.25, -0.2) is 0 Å². The molecule has 4 heteroatoms. The summed E-state index contributed by atoms with van der Waals surface area (Å²) in [6.45, 7) is 4.13. The van der Waals surface area contributed by atoms with Crippen molar-refractivity contribution in [3.8, 4) is 0 Å². The van der Waals surface area contributed by atoms with E-state index in [1.807, 2.05) is 0 Å². The normalized spacial score (nSPS) is 18.1. The Morgan fingerprint density at radius 1 is 1.10 bits per heavy atom. The second-order valence-electron chi connectivity index (χ2n) is 6.26. The van der Waals surface area contributed by atoms with Crippen LogP contribution in [0.5, 0.6) is 0 Å². The van der Waals surface area contributed by atoms with Crippen molar-refractivity contribution in [2.24, 2.45) is 5.41 Å². The smallest absolute Gasteiger partial charge is 0.316 e. The lowest BCUT2D eigenvalue weighted by atomic mass is 9.79. The van der Waals surface area contributed by atoms with E-state index in [-0.39, 0.29) is 5.41 Å². The molecule has 1 aliphatic carbocycles. The number of hydrogen-bond acceptors (Lipinski definition) is 1. The molecule has 21 heavy (non-hydrogen) atoms. The molecular formula is C17H24F3N. The minimum Gasteiger partial charge on any atom is -0.316 e. The van der Waals surface area contributed by atoms with Gasteiger partial charge < -0.3 is 5.32 Å². The van der Waals surface area contributed by atoms with Gasteiger partial charge in [-0.2, -0.15) is 13.2 Å². The Morgan fingerprint density at radius 2 is 1.71 bits per heavy atom. The highest BCUT2D eigenvalue weighted by atomic mass is 19.4. The molecule has 0 heterocycles. The summed E-state index contributed by atoms with van der Waals surface area (Å²) in [5.74, 6) is 0. The lowest BCUT2D eigenvalue weighted by molar-refractivity contribution is -0.137. The molecule has 2 rings (SSSR count). The Morgan fingerprint density at radius 3 is 2.24 bits per heavy atom. The first-order chi connectivity index (χ1) is 9.95. The molecule has 1 saturated carbocycles. The number of alkyl halides is 3. The lowest BCUT2D eigenvalue weighted by Crippen LogP contribution is -2.34. The first-order valence-electron chi connectivity index (χ1n) is 7.82. The SMILES string of the molecule is CCCNCC1(Cc2ccc(C(F)(F)F)cc2)CCCC1. The molecule has 0 aliphatic heterocycles. The average Bonchev–Trinajstić information content (AvgIpc) is 2.87. The highest BCUT2D eigenvalue weighted by Gasteiger charge is 2.34. The summed E-state index contributed by atoms with van der Waals surface area (Å²) in [7, 11) is 0. The molecule has 0 amide bonds. The van der Waals surface area contributed by atoms with Crippen LogP contribution in [0.25, 0.3) is 0 Å². The van der Waals surface area contributed by atoms with Gasteiger partial charge in [0.15, 0.2) is 0 Å². The molecule has 118 valence electrons. The van der Waals surface area contributed by atoms with Crippen LogP contribution in [0.2, 0.25) is 0 Å². The van der Waals surface area contributed by atoms with Crippen LogP contribution < -0.4 is 5.32 Å². The highest BCUT2D eigenvalue weighted by Crippen LogP contribution is 2.40. The predicted octanol–water partition coefficient (Wildman–Crippen LogP) is 4.81. The van der Waals surface area contributed by atoms with Crippen molar-refractivity contribution in [1.82, 2.24) is 5.32 Å². The molecule has 1 fully saturated rings. The summed E-state index contributed by atoms with van der Waals surface area (Å²) < 4.78 is 37.8. The van der Waals surface area contributed by atoms with Gasteiger partial charge in [-0.15, -0.1) is 0 Å². The van der Waals surface area contributed by atoms with Crippen LogP contribution in [-0.4, -0.2) is 13.1 Å². The summed E-state index contributed by atoms with van der Waals surface area (Å²) >= 11 is 0. The summed E-state index contributed by atoms with van der Waals surface area (Å²) in [6.07, 6.45) is 2.54. The van der Waals surface area contributed by atoms with Crippen LogP contribution in [0.3, 0.4) is 0 Å². The van der Waals surface area contributed by atoms with E-state index < -0.39 is 11.7 Å². The monoisotopic (exact) mass is 299 g/mol. The third-order valence-electron chi connectivity index (χ3n) is 4.45. The molecule has 1 nitrogen and oxygen atoms in total.